The Balaban J connectivity index is 1.77. The van der Waals surface area contributed by atoms with Gasteiger partial charge in [-0.05, 0) is 23.8 Å². The maximum atomic E-state index is 13.2. The van der Waals surface area contributed by atoms with E-state index < -0.39 is 6.04 Å². The van der Waals surface area contributed by atoms with E-state index in [0.717, 1.165) is 5.56 Å². The van der Waals surface area contributed by atoms with Crippen molar-refractivity contribution in [3.63, 3.8) is 0 Å². The van der Waals surface area contributed by atoms with Gasteiger partial charge in [0.25, 0.3) is 0 Å². The van der Waals surface area contributed by atoms with Crippen molar-refractivity contribution in [1.29, 1.82) is 0 Å². The molecule has 0 aromatic heterocycles. The van der Waals surface area contributed by atoms with Crippen molar-refractivity contribution in [3.05, 3.63) is 82.0 Å². The molecule has 0 saturated carbocycles. The number of Topliss-reactive ketones (excluding diaryl/α,β-unsaturated/α-hetero) is 1. The van der Waals surface area contributed by atoms with E-state index in [1.165, 1.54) is 0 Å². The molecule has 2 heterocycles. The number of benzene rings is 2. The van der Waals surface area contributed by atoms with Crippen LogP contribution in [0.3, 0.4) is 0 Å². The summed E-state index contributed by atoms with van der Waals surface area (Å²) in [7, 11) is 3.18. The number of methoxy groups -OCH3 is 2. The largest absolute Gasteiger partial charge is 0.493 e. The normalized spacial score (nSPS) is 20.5. The molecule has 0 saturated heterocycles. The first-order chi connectivity index (χ1) is 14.5. The summed E-state index contributed by atoms with van der Waals surface area (Å²) in [4.78, 5) is 19.8. The van der Waals surface area contributed by atoms with Gasteiger partial charge in [-0.2, -0.15) is 0 Å². The number of amidine groups is 1. The first-order valence-corrected chi connectivity index (χ1v) is 10.2. The van der Waals surface area contributed by atoms with Gasteiger partial charge in [-0.1, -0.05) is 59.6 Å². The Morgan fingerprint density at radius 3 is 2.50 bits per heavy atom. The summed E-state index contributed by atoms with van der Waals surface area (Å²) in [6, 6.07) is 14.1. The smallest absolute Gasteiger partial charge is 0.187 e. The number of halogens is 2. The summed E-state index contributed by atoms with van der Waals surface area (Å²) in [6.07, 6.45) is 3.90. The van der Waals surface area contributed by atoms with E-state index in [4.69, 9.17) is 32.7 Å². The summed E-state index contributed by atoms with van der Waals surface area (Å²) >= 11 is 12.7. The lowest BCUT2D eigenvalue weighted by Gasteiger charge is -2.39. The molecule has 7 heteroatoms. The molecule has 2 aliphatic heterocycles. The molecule has 0 bridgehead atoms. The van der Waals surface area contributed by atoms with Crippen LogP contribution >= 0.6 is 23.2 Å². The van der Waals surface area contributed by atoms with Crippen LogP contribution in [0.15, 0.2) is 75.9 Å². The lowest BCUT2D eigenvalue weighted by Crippen LogP contribution is -2.41. The van der Waals surface area contributed by atoms with Gasteiger partial charge in [-0.25, -0.2) is 0 Å². The average Bonchev–Trinajstić information content (AvgIpc) is 2.78. The topological polar surface area (TPSA) is 51.1 Å². The number of fused-ring (bicyclic) bond motifs is 1. The van der Waals surface area contributed by atoms with Gasteiger partial charge in [0, 0.05) is 18.2 Å². The van der Waals surface area contributed by atoms with Gasteiger partial charge in [0.2, 0.25) is 0 Å². The van der Waals surface area contributed by atoms with Gasteiger partial charge in [-0.3, -0.25) is 9.79 Å². The van der Waals surface area contributed by atoms with Crippen LogP contribution < -0.4 is 9.47 Å². The molecule has 2 aromatic carbocycles. The zero-order chi connectivity index (χ0) is 21.3. The Morgan fingerprint density at radius 2 is 1.80 bits per heavy atom. The predicted octanol–water partition coefficient (Wildman–Crippen LogP) is 5.32. The third kappa shape index (κ3) is 3.83. The number of hydrogen-bond acceptors (Lipinski definition) is 5. The average molecular weight is 443 g/mol. The number of hydrogen-bond donors (Lipinski definition) is 0. The number of carbonyl (C=O) groups is 1. The van der Waals surface area contributed by atoms with E-state index in [9.17, 15) is 4.79 Å². The Bertz CT molecular complexity index is 1060. The van der Waals surface area contributed by atoms with Gasteiger partial charge >= 0.3 is 0 Å². The second-order valence-electron chi connectivity index (χ2n) is 6.98. The maximum absolute atomic E-state index is 13.2. The molecule has 0 N–H and O–H groups in total. The lowest BCUT2D eigenvalue weighted by molar-refractivity contribution is 0.0941. The Labute approximate surface area is 185 Å². The van der Waals surface area contributed by atoms with Gasteiger partial charge in [-0.15, -0.1) is 0 Å². The molecule has 0 fully saturated rings. The Morgan fingerprint density at radius 1 is 1.07 bits per heavy atom. The third-order valence-electron chi connectivity index (χ3n) is 5.20. The summed E-state index contributed by atoms with van der Waals surface area (Å²) in [6.45, 7) is 0. The lowest BCUT2D eigenvalue weighted by atomic mass is 9.91. The van der Waals surface area contributed by atoms with Gasteiger partial charge in [0.1, 0.15) is 11.9 Å². The molecule has 2 atom stereocenters. The van der Waals surface area contributed by atoms with Crippen LogP contribution in [0.25, 0.3) is 0 Å². The second kappa shape index (κ2) is 8.54. The summed E-state index contributed by atoms with van der Waals surface area (Å²) in [5, 5.41) is 0.899. The highest BCUT2D eigenvalue weighted by Crippen LogP contribution is 2.40. The van der Waals surface area contributed by atoms with Crippen molar-refractivity contribution < 1.29 is 14.3 Å². The van der Waals surface area contributed by atoms with Crippen molar-refractivity contribution in [1.82, 2.24) is 4.90 Å². The molecule has 2 aromatic rings. The molecule has 154 valence electrons. The molecular formula is C23H20Cl2N2O3. The van der Waals surface area contributed by atoms with Crippen molar-refractivity contribution in [3.8, 4) is 11.5 Å². The molecule has 4 rings (SSSR count). The van der Waals surface area contributed by atoms with Crippen molar-refractivity contribution >= 4 is 34.8 Å². The summed E-state index contributed by atoms with van der Waals surface area (Å²) in [5.74, 6) is 1.73. The van der Waals surface area contributed by atoms with Crippen LogP contribution in [-0.2, 0) is 0 Å². The number of aliphatic imine (C=N–C) groups is 1. The van der Waals surface area contributed by atoms with Gasteiger partial charge < -0.3 is 14.4 Å². The highest BCUT2D eigenvalue weighted by atomic mass is 35.5. The molecule has 5 nitrogen and oxygen atoms in total. The second-order valence-corrected chi connectivity index (χ2v) is 7.82. The zero-order valence-electron chi connectivity index (χ0n) is 16.5. The van der Waals surface area contributed by atoms with Gasteiger partial charge in [0.15, 0.2) is 17.3 Å². The van der Waals surface area contributed by atoms with Crippen LogP contribution in [0.1, 0.15) is 28.4 Å². The van der Waals surface area contributed by atoms with E-state index in [2.05, 4.69) is 4.99 Å². The van der Waals surface area contributed by atoms with Crippen LogP contribution in [0, 0.1) is 0 Å². The third-order valence-corrected chi connectivity index (χ3v) is 5.68. The van der Waals surface area contributed by atoms with Crippen molar-refractivity contribution in [2.45, 2.75) is 18.5 Å². The van der Waals surface area contributed by atoms with Crippen LogP contribution in [0.5, 0.6) is 11.5 Å². The minimum atomic E-state index is -0.566. The van der Waals surface area contributed by atoms with Gasteiger partial charge in [0.05, 0.1) is 30.3 Å². The minimum absolute atomic E-state index is 0.0432. The van der Waals surface area contributed by atoms with Crippen LogP contribution in [0.4, 0.5) is 0 Å². The van der Waals surface area contributed by atoms with E-state index >= 15 is 0 Å². The quantitative estimate of drug-likeness (QED) is 0.588. The first-order valence-electron chi connectivity index (χ1n) is 9.44. The van der Waals surface area contributed by atoms with E-state index in [-0.39, 0.29) is 11.8 Å². The molecule has 0 radical (unpaired) electrons. The predicted molar refractivity (Wildman–Crippen MR) is 119 cm³/mol. The zero-order valence-corrected chi connectivity index (χ0v) is 18.0. The Hall–Kier alpha value is -2.76. The molecule has 2 aliphatic rings. The van der Waals surface area contributed by atoms with E-state index in [0.29, 0.717) is 39.4 Å². The summed E-state index contributed by atoms with van der Waals surface area (Å²) < 4.78 is 10.8. The standard InChI is InChI=1S/C23H20Cl2N2O3/c1-29-20-9-8-15(10-21(20)30-2)19-12-18(22(28)14-6-4-3-5-7-14)26-23-17(25)11-16(24)13-27(19)23/h3-11,13,18-19H,12H2,1-2H3. The van der Waals surface area contributed by atoms with E-state index in [1.807, 2.05) is 41.3 Å². The molecule has 0 amide bonds. The minimum Gasteiger partial charge on any atom is -0.493 e. The highest BCUT2D eigenvalue weighted by Gasteiger charge is 2.37. The number of ether oxygens (including phenoxy) is 2. The van der Waals surface area contributed by atoms with Crippen molar-refractivity contribution in [2.24, 2.45) is 4.99 Å². The molecule has 0 aliphatic carbocycles. The van der Waals surface area contributed by atoms with E-state index in [1.54, 1.807) is 38.6 Å². The number of rotatable bonds is 5. The van der Waals surface area contributed by atoms with Crippen molar-refractivity contribution in [2.75, 3.05) is 14.2 Å². The molecular weight excluding hydrogens is 423 g/mol. The highest BCUT2D eigenvalue weighted by molar-refractivity contribution is 6.45. The fourth-order valence-corrected chi connectivity index (χ4v) is 4.28. The molecule has 0 spiro atoms. The van der Waals surface area contributed by atoms with Crippen LogP contribution in [-0.4, -0.2) is 36.8 Å². The maximum Gasteiger partial charge on any atom is 0.187 e. The fraction of sp³-hybridized carbons (Fsp3) is 0.217. The number of carbonyl (C=O) groups excluding carboxylic acids is 1. The fourth-order valence-electron chi connectivity index (χ4n) is 3.75. The Kier molecular flexibility index (Phi) is 5.84. The number of ketones is 1. The molecule has 2 unspecified atom stereocenters. The number of nitrogens with zero attached hydrogens (tertiary/aromatic N) is 2. The monoisotopic (exact) mass is 442 g/mol. The van der Waals surface area contributed by atoms with Crippen LogP contribution in [0.2, 0.25) is 0 Å². The SMILES string of the molecule is COc1ccc(C2CC(C(=O)c3ccccc3)N=C3C(Cl)=CC(Cl)=CN32)cc1OC. The summed E-state index contributed by atoms with van der Waals surface area (Å²) in [5.41, 5.74) is 1.56. The number of allylic oxidation sites excluding steroid dienone is 2. The first kappa shape index (κ1) is 20.5. The molecule has 30 heavy (non-hydrogen) atoms.